The Balaban J connectivity index is 1.59. The lowest BCUT2D eigenvalue weighted by molar-refractivity contribution is 0.0921. The van der Waals surface area contributed by atoms with Crippen LogP contribution in [0.2, 0.25) is 0 Å². The van der Waals surface area contributed by atoms with E-state index in [1.54, 1.807) is 43.5 Å². The second-order valence-corrected chi connectivity index (χ2v) is 7.49. The zero-order valence-corrected chi connectivity index (χ0v) is 16.0. The summed E-state index contributed by atoms with van der Waals surface area (Å²) in [5.41, 5.74) is 2.17. The van der Waals surface area contributed by atoms with Crippen LogP contribution in [0.1, 0.15) is 27.4 Å². The Bertz CT molecular complexity index is 947. The SMILES string of the molecule is COc1ccc(S(=O)Cc2ccc(C(=O)NCc3ccccc3C)o2)cc1. The first-order chi connectivity index (χ1) is 13.1. The highest BCUT2D eigenvalue weighted by Crippen LogP contribution is 2.18. The Morgan fingerprint density at radius 1 is 1.07 bits per heavy atom. The normalized spacial score (nSPS) is 11.8. The fraction of sp³-hybridized carbons (Fsp3) is 0.190. The summed E-state index contributed by atoms with van der Waals surface area (Å²) in [7, 11) is 0.322. The predicted octanol–water partition coefficient (Wildman–Crippen LogP) is 3.83. The summed E-state index contributed by atoms with van der Waals surface area (Å²) in [6.07, 6.45) is 0. The molecule has 0 aliphatic heterocycles. The highest BCUT2D eigenvalue weighted by Gasteiger charge is 2.14. The van der Waals surface area contributed by atoms with Gasteiger partial charge in [0.25, 0.3) is 5.91 Å². The van der Waals surface area contributed by atoms with Crippen molar-refractivity contribution in [2.24, 2.45) is 0 Å². The molecule has 0 saturated carbocycles. The minimum absolute atomic E-state index is 0.206. The van der Waals surface area contributed by atoms with E-state index in [4.69, 9.17) is 9.15 Å². The maximum Gasteiger partial charge on any atom is 0.287 e. The Kier molecular flexibility index (Phi) is 6.08. The number of rotatable bonds is 7. The largest absolute Gasteiger partial charge is 0.497 e. The summed E-state index contributed by atoms with van der Waals surface area (Å²) in [6, 6.07) is 18.2. The van der Waals surface area contributed by atoms with Crippen molar-refractivity contribution in [2.75, 3.05) is 7.11 Å². The summed E-state index contributed by atoms with van der Waals surface area (Å²) >= 11 is 0. The molecular weight excluding hydrogens is 362 g/mol. The molecule has 1 N–H and O–H groups in total. The molecule has 1 unspecified atom stereocenters. The highest BCUT2D eigenvalue weighted by molar-refractivity contribution is 7.84. The average Bonchev–Trinajstić information content (AvgIpc) is 3.15. The lowest BCUT2D eigenvalue weighted by atomic mass is 10.1. The maximum absolute atomic E-state index is 12.5. The fourth-order valence-corrected chi connectivity index (χ4v) is 3.61. The molecule has 1 atom stereocenters. The van der Waals surface area contributed by atoms with Crippen LogP contribution >= 0.6 is 0 Å². The molecule has 0 bridgehead atoms. The van der Waals surface area contributed by atoms with Crippen LogP contribution in [-0.2, 0) is 23.1 Å². The van der Waals surface area contributed by atoms with Gasteiger partial charge in [0.1, 0.15) is 11.5 Å². The van der Waals surface area contributed by atoms with Gasteiger partial charge in [-0.3, -0.25) is 9.00 Å². The Hall–Kier alpha value is -2.86. The number of carbonyl (C=O) groups is 1. The zero-order valence-electron chi connectivity index (χ0n) is 15.2. The van der Waals surface area contributed by atoms with Gasteiger partial charge in [-0.1, -0.05) is 24.3 Å². The molecule has 0 fully saturated rings. The Morgan fingerprint density at radius 2 is 1.81 bits per heavy atom. The van der Waals surface area contributed by atoms with Gasteiger partial charge in [0.05, 0.1) is 23.7 Å². The van der Waals surface area contributed by atoms with Crippen LogP contribution in [0.25, 0.3) is 0 Å². The second-order valence-electron chi connectivity index (χ2n) is 6.04. The van der Waals surface area contributed by atoms with Gasteiger partial charge < -0.3 is 14.5 Å². The Morgan fingerprint density at radius 3 is 2.52 bits per heavy atom. The van der Waals surface area contributed by atoms with Gasteiger partial charge in [0.2, 0.25) is 0 Å². The van der Waals surface area contributed by atoms with Crippen LogP contribution in [-0.4, -0.2) is 17.2 Å². The van der Waals surface area contributed by atoms with Crippen molar-refractivity contribution in [1.82, 2.24) is 5.32 Å². The molecule has 0 spiro atoms. The van der Waals surface area contributed by atoms with Crippen molar-refractivity contribution >= 4 is 16.7 Å². The summed E-state index contributed by atoms with van der Waals surface area (Å²) in [5, 5.41) is 2.84. The molecule has 5 nitrogen and oxygen atoms in total. The predicted molar refractivity (Wildman–Crippen MR) is 104 cm³/mol. The second kappa shape index (κ2) is 8.68. The van der Waals surface area contributed by atoms with Gasteiger partial charge >= 0.3 is 0 Å². The number of ether oxygens (including phenoxy) is 1. The summed E-state index contributed by atoms with van der Waals surface area (Å²) in [6.45, 7) is 2.43. The lowest BCUT2D eigenvalue weighted by Crippen LogP contribution is -2.22. The number of hydrogen-bond acceptors (Lipinski definition) is 4. The number of amides is 1. The third kappa shape index (κ3) is 4.86. The van der Waals surface area contributed by atoms with Crippen molar-refractivity contribution in [3.63, 3.8) is 0 Å². The summed E-state index contributed by atoms with van der Waals surface area (Å²) in [5.74, 6) is 1.34. The number of methoxy groups -OCH3 is 1. The van der Waals surface area contributed by atoms with Crippen molar-refractivity contribution in [2.45, 2.75) is 24.1 Å². The van der Waals surface area contributed by atoms with Gasteiger partial charge in [-0.05, 0) is 54.4 Å². The quantitative estimate of drug-likeness (QED) is 0.673. The number of carbonyl (C=O) groups excluding carboxylic acids is 1. The van der Waals surface area contributed by atoms with Crippen molar-refractivity contribution in [1.29, 1.82) is 0 Å². The van der Waals surface area contributed by atoms with E-state index < -0.39 is 10.8 Å². The minimum Gasteiger partial charge on any atom is -0.497 e. The number of benzene rings is 2. The number of furan rings is 1. The van der Waals surface area contributed by atoms with Crippen LogP contribution in [0, 0.1) is 6.92 Å². The van der Waals surface area contributed by atoms with Crippen molar-refractivity contribution in [3.05, 3.63) is 83.3 Å². The first-order valence-corrected chi connectivity index (χ1v) is 9.82. The van der Waals surface area contributed by atoms with Crippen molar-refractivity contribution in [3.8, 4) is 5.75 Å². The first kappa shape index (κ1) is 18.9. The van der Waals surface area contributed by atoms with E-state index in [-0.39, 0.29) is 17.4 Å². The molecular formula is C21H21NO4S. The van der Waals surface area contributed by atoms with E-state index >= 15 is 0 Å². The van der Waals surface area contributed by atoms with Gasteiger partial charge in [-0.15, -0.1) is 0 Å². The standard InChI is InChI=1S/C21H21NO4S/c1-15-5-3-4-6-16(15)13-22-21(23)20-12-9-18(26-20)14-27(24)19-10-7-17(25-2)8-11-19/h3-12H,13-14H2,1-2H3,(H,22,23). The molecule has 3 rings (SSSR count). The van der Waals surface area contributed by atoms with Crippen LogP contribution in [0.4, 0.5) is 0 Å². The van der Waals surface area contributed by atoms with E-state index in [1.807, 2.05) is 31.2 Å². The van der Waals surface area contributed by atoms with Crippen LogP contribution in [0.15, 0.2) is 70.0 Å². The lowest BCUT2D eigenvalue weighted by Gasteiger charge is -2.06. The summed E-state index contributed by atoms with van der Waals surface area (Å²) < 4.78 is 23.1. The number of aryl methyl sites for hydroxylation is 1. The number of nitrogens with one attached hydrogen (secondary N) is 1. The molecule has 1 aromatic heterocycles. The molecule has 0 aliphatic rings. The minimum atomic E-state index is -1.26. The van der Waals surface area contributed by atoms with Crippen LogP contribution < -0.4 is 10.1 Å². The first-order valence-electron chi connectivity index (χ1n) is 8.50. The van der Waals surface area contributed by atoms with Gasteiger partial charge in [-0.25, -0.2) is 0 Å². The van der Waals surface area contributed by atoms with Crippen LogP contribution in [0.5, 0.6) is 5.75 Å². The van der Waals surface area contributed by atoms with E-state index in [0.29, 0.717) is 22.9 Å². The van der Waals surface area contributed by atoms with E-state index in [1.165, 1.54) is 0 Å². The van der Waals surface area contributed by atoms with Crippen LogP contribution in [0.3, 0.4) is 0 Å². The molecule has 1 heterocycles. The van der Waals surface area contributed by atoms with E-state index in [2.05, 4.69) is 5.32 Å². The molecule has 6 heteroatoms. The monoisotopic (exact) mass is 383 g/mol. The number of hydrogen-bond donors (Lipinski definition) is 1. The third-order valence-electron chi connectivity index (χ3n) is 4.18. The summed E-state index contributed by atoms with van der Waals surface area (Å²) in [4.78, 5) is 13.0. The van der Waals surface area contributed by atoms with E-state index in [0.717, 1.165) is 11.1 Å². The molecule has 140 valence electrons. The highest BCUT2D eigenvalue weighted by atomic mass is 32.2. The molecule has 0 aliphatic carbocycles. The fourth-order valence-electron chi connectivity index (χ4n) is 2.59. The van der Waals surface area contributed by atoms with Gasteiger partial charge in [0, 0.05) is 11.4 Å². The zero-order chi connectivity index (χ0) is 19.2. The van der Waals surface area contributed by atoms with Gasteiger partial charge in [0.15, 0.2) is 5.76 Å². The van der Waals surface area contributed by atoms with Crippen molar-refractivity contribution < 1.29 is 18.2 Å². The molecule has 3 aromatic rings. The molecule has 0 saturated heterocycles. The smallest absolute Gasteiger partial charge is 0.287 e. The molecule has 2 aromatic carbocycles. The molecule has 27 heavy (non-hydrogen) atoms. The third-order valence-corrected chi connectivity index (χ3v) is 5.53. The van der Waals surface area contributed by atoms with Gasteiger partial charge in [-0.2, -0.15) is 0 Å². The average molecular weight is 383 g/mol. The Labute approximate surface area is 160 Å². The molecule has 1 amide bonds. The topological polar surface area (TPSA) is 68.5 Å². The molecule has 0 radical (unpaired) electrons. The van der Waals surface area contributed by atoms with E-state index in [9.17, 15) is 9.00 Å². The maximum atomic E-state index is 12.5.